The Morgan fingerprint density at radius 1 is 0.339 bits per heavy atom. The summed E-state index contributed by atoms with van der Waals surface area (Å²) in [5.74, 6) is -0.865. The predicted octanol–water partition coefficient (Wildman–Crippen LogP) is 15.8. The maximum atomic E-state index is 12.7. The van der Waals surface area contributed by atoms with Crippen LogP contribution in [0.1, 0.15) is 271 Å². The summed E-state index contributed by atoms with van der Waals surface area (Å²) in [7, 11) is 0. The van der Waals surface area contributed by atoms with Gasteiger partial charge in [0, 0.05) is 19.3 Å². The first kappa shape index (κ1) is 54.2. The lowest BCUT2D eigenvalue weighted by Gasteiger charge is -2.18. The highest BCUT2D eigenvalue weighted by atomic mass is 16.6. The average molecular weight is 791 g/mol. The summed E-state index contributed by atoms with van der Waals surface area (Å²) < 4.78 is 16.7. The summed E-state index contributed by atoms with van der Waals surface area (Å²) in [4.78, 5) is 37.8. The lowest BCUT2D eigenvalue weighted by atomic mass is 10.1. The third-order valence-corrected chi connectivity index (χ3v) is 11.0. The molecule has 0 rings (SSSR count). The van der Waals surface area contributed by atoms with Crippen molar-refractivity contribution in [2.24, 2.45) is 0 Å². The van der Waals surface area contributed by atoms with E-state index in [1.807, 2.05) is 0 Å². The lowest BCUT2D eigenvalue weighted by molar-refractivity contribution is -0.167. The molecule has 0 N–H and O–H groups in total. The van der Waals surface area contributed by atoms with E-state index < -0.39 is 6.10 Å². The van der Waals surface area contributed by atoms with Crippen LogP contribution in [0.3, 0.4) is 0 Å². The number of rotatable bonds is 45. The van der Waals surface area contributed by atoms with Crippen LogP contribution in [0.15, 0.2) is 12.2 Å². The van der Waals surface area contributed by atoms with Gasteiger partial charge in [0.2, 0.25) is 0 Å². The minimum atomic E-state index is -0.765. The van der Waals surface area contributed by atoms with E-state index in [0.717, 1.165) is 64.2 Å². The molecule has 0 unspecified atom stereocenters. The van der Waals surface area contributed by atoms with Crippen LogP contribution >= 0.6 is 0 Å². The molecule has 0 heterocycles. The maximum absolute atomic E-state index is 12.7. The number of hydrogen-bond acceptors (Lipinski definition) is 6. The lowest BCUT2D eigenvalue weighted by Crippen LogP contribution is -2.30. The van der Waals surface area contributed by atoms with Crippen molar-refractivity contribution in [2.75, 3.05) is 13.2 Å². The fourth-order valence-corrected chi connectivity index (χ4v) is 7.26. The molecule has 1 atom stereocenters. The third-order valence-electron chi connectivity index (χ3n) is 11.0. The van der Waals surface area contributed by atoms with Gasteiger partial charge in [-0.1, -0.05) is 219 Å². The van der Waals surface area contributed by atoms with Gasteiger partial charge in [-0.3, -0.25) is 14.4 Å². The zero-order chi connectivity index (χ0) is 40.8. The predicted molar refractivity (Wildman–Crippen MR) is 238 cm³/mol. The number of allylic oxidation sites excluding steroid dienone is 2. The summed E-state index contributed by atoms with van der Waals surface area (Å²) in [6.07, 6.45) is 49.0. The standard InChI is InChI=1S/C50H94O6/c1-4-7-10-13-16-19-22-23-24-25-26-29-31-34-37-40-43-49(52)55-46-47(56-50(53)44-41-38-35-32-28-21-18-15-12-9-6-3)45-54-48(51)42-39-36-33-30-27-20-17-14-11-8-5-2/h24-25,47H,4-23,26-46H2,1-3H3/b25-24-/t47-/m1/s1. The van der Waals surface area contributed by atoms with E-state index in [-0.39, 0.29) is 31.1 Å². The van der Waals surface area contributed by atoms with Gasteiger partial charge < -0.3 is 14.2 Å². The molecule has 0 saturated heterocycles. The third kappa shape index (κ3) is 43.3. The number of carbonyl (C=O) groups excluding carboxylic acids is 3. The van der Waals surface area contributed by atoms with Crippen molar-refractivity contribution in [1.82, 2.24) is 0 Å². The largest absolute Gasteiger partial charge is 0.462 e. The molecule has 0 spiro atoms. The van der Waals surface area contributed by atoms with Crippen molar-refractivity contribution >= 4 is 17.9 Å². The van der Waals surface area contributed by atoms with E-state index >= 15 is 0 Å². The molecule has 330 valence electrons. The topological polar surface area (TPSA) is 78.9 Å². The van der Waals surface area contributed by atoms with Crippen LogP contribution in [-0.2, 0) is 28.6 Å². The Morgan fingerprint density at radius 2 is 0.589 bits per heavy atom. The molecular formula is C50H94O6. The van der Waals surface area contributed by atoms with Crippen LogP contribution < -0.4 is 0 Å². The van der Waals surface area contributed by atoms with Gasteiger partial charge >= 0.3 is 17.9 Å². The molecule has 0 aromatic rings. The molecule has 56 heavy (non-hydrogen) atoms. The van der Waals surface area contributed by atoms with Gasteiger partial charge in [-0.15, -0.1) is 0 Å². The van der Waals surface area contributed by atoms with Crippen LogP contribution in [0.4, 0.5) is 0 Å². The second-order valence-electron chi connectivity index (χ2n) is 16.7. The highest BCUT2D eigenvalue weighted by Crippen LogP contribution is 2.15. The molecule has 0 aliphatic rings. The second kappa shape index (κ2) is 45.8. The van der Waals surface area contributed by atoms with Gasteiger partial charge in [0.15, 0.2) is 6.10 Å². The summed E-state index contributed by atoms with van der Waals surface area (Å²) >= 11 is 0. The molecule has 6 nitrogen and oxygen atoms in total. The molecule has 0 aliphatic carbocycles. The fourth-order valence-electron chi connectivity index (χ4n) is 7.26. The zero-order valence-corrected chi connectivity index (χ0v) is 37.7. The first-order valence-electron chi connectivity index (χ1n) is 24.7. The van der Waals surface area contributed by atoms with Gasteiger partial charge in [0.25, 0.3) is 0 Å². The molecule has 0 saturated carbocycles. The smallest absolute Gasteiger partial charge is 0.306 e. The van der Waals surface area contributed by atoms with E-state index in [1.54, 1.807) is 0 Å². The van der Waals surface area contributed by atoms with E-state index in [2.05, 4.69) is 32.9 Å². The minimum Gasteiger partial charge on any atom is -0.462 e. The van der Waals surface area contributed by atoms with Crippen LogP contribution in [-0.4, -0.2) is 37.2 Å². The number of ether oxygens (including phenoxy) is 3. The monoisotopic (exact) mass is 791 g/mol. The maximum Gasteiger partial charge on any atom is 0.306 e. The highest BCUT2D eigenvalue weighted by molar-refractivity contribution is 5.71. The Morgan fingerprint density at radius 3 is 0.893 bits per heavy atom. The molecule has 0 bridgehead atoms. The Kier molecular flexibility index (Phi) is 44.3. The van der Waals surface area contributed by atoms with Crippen molar-refractivity contribution in [3.05, 3.63) is 12.2 Å². The van der Waals surface area contributed by atoms with E-state index in [1.165, 1.54) is 167 Å². The van der Waals surface area contributed by atoms with Crippen molar-refractivity contribution in [1.29, 1.82) is 0 Å². The van der Waals surface area contributed by atoms with Gasteiger partial charge in [0.1, 0.15) is 13.2 Å². The quantitative estimate of drug-likeness (QED) is 0.0264. The van der Waals surface area contributed by atoms with Crippen LogP contribution in [0, 0.1) is 0 Å². The molecule has 0 aromatic heterocycles. The molecule has 0 radical (unpaired) electrons. The summed E-state index contributed by atoms with van der Waals surface area (Å²) in [5, 5.41) is 0. The molecule has 0 aliphatic heterocycles. The first-order chi connectivity index (χ1) is 27.5. The first-order valence-corrected chi connectivity index (χ1v) is 24.7. The van der Waals surface area contributed by atoms with Gasteiger partial charge in [-0.2, -0.15) is 0 Å². The minimum absolute atomic E-state index is 0.0678. The number of esters is 3. The van der Waals surface area contributed by atoms with Crippen molar-refractivity contribution in [2.45, 2.75) is 277 Å². The van der Waals surface area contributed by atoms with Crippen molar-refractivity contribution < 1.29 is 28.6 Å². The van der Waals surface area contributed by atoms with E-state index in [9.17, 15) is 14.4 Å². The van der Waals surface area contributed by atoms with Crippen LogP contribution in [0.25, 0.3) is 0 Å². The second-order valence-corrected chi connectivity index (χ2v) is 16.7. The Bertz CT molecular complexity index is 870. The van der Waals surface area contributed by atoms with Crippen molar-refractivity contribution in [3.8, 4) is 0 Å². The average Bonchev–Trinajstić information content (AvgIpc) is 3.19. The van der Waals surface area contributed by atoms with Crippen LogP contribution in [0.5, 0.6) is 0 Å². The van der Waals surface area contributed by atoms with Gasteiger partial charge in [-0.05, 0) is 44.9 Å². The summed E-state index contributed by atoms with van der Waals surface area (Å²) in [5.41, 5.74) is 0. The molecule has 6 heteroatoms. The van der Waals surface area contributed by atoms with Crippen molar-refractivity contribution in [3.63, 3.8) is 0 Å². The normalized spacial score (nSPS) is 12.0. The van der Waals surface area contributed by atoms with E-state index in [4.69, 9.17) is 14.2 Å². The number of unbranched alkanes of at least 4 members (excludes halogenated alkanes) is 32. The molecule has 0 aromatic carbocycles. The molecule has 0 fully saturated rings. The number of hydrogen-bond donors (Lipinski definition) is 0. The summed E-state index contributed by atoms with van der Waals surface area (Å²) in [6, 6.07) is 0. The Labute approximate surface area is 348 Å². The highest BCUT2D eigenvalue weighted by Gasteiger charge is 2.19. The molecular weight excluding hydrogens is 697 g/mol. The summed E-state index contributed by atoms with van der Waals surface area (Å²) in [6.45, 7) is 6.64. The van der Waals surface area contributed by atoms with Gasteiger partial charge in [-0.25, -0.2) is 0 Å². The van der Waals surface area contributed by atoms with Gasteiger partial charge in [0.05, 0.1) is 0 Å². The number of carbonyl (C=O) groups is 3. The van der Waals surface area contributed by atoms with E-state index in [0.29, 0.717) is 19.3 Å². The zero-order valence-electron chi connectivity index (χ0n) is 37.7. The molecule has 0 amide bonds. The van der Waals surface area contributed by atoms with Crippen LogP contribution in [0.2, 0.25) is 0 Å². The Hall–Kier alpha value is -1.85. The Balaban J connectivity index is 4.31. The SMILES string of the molecule is CCCCCCCCC/C=C\CCCCCCCC(=O)OC[C@@H](COC(=O)CCCCCCCCCCCCC)OC(=O)CCCCCCCCCCCCC. The fraction of sp³-hybridized carbons (Fsp3) is 0.900.